The third-order valence-electron chi connectivity index (χ3n) is 1.61. The van der Waals surface area contributed by atoms with Gasteiger partial charge in [0.2, 0.25) is 0 Å². The minimum Gasteiger partial charge on any atom is -0.478 e. The van der Waals surface area contributed by atoms with Gasteiger partial charge in [0.15, 0.2) is 0 Å². The van der Waals surface area contributed by atoms with Gasteiger partial charge in [0.1, 0.15) is 6.67 Å². The highest BCUT2D eigenvalue weighted by Crippen LogP contribution is 2.08. The maximum atomic E-state index is 10.6. The van der Waals surface area contributed by atoms with Crippen LogP contribution in [0.1, 0.15) is 6.92 Å². The van der Waals surface area contributed by atoms with Crippen molar-refractivity contribution in [3.05, 3.63) is 11.8 Å². The normalized spacial score (nSPS) is 16.2. The van der Waals surface area contributed by atoms with Crippen molar-refractivity contribution in [3.8, 4) is 0 Å². The highest BCUT2D eigenvalue weighted by molar-refractivity contribution is 6.18. The third kappa shape index (κ3) is 1.84. The maximum Gasteiger partial charge on any atom is 0.412 e. The first-order chi connectivity index (χ1) is 6.02. The van der Waals surface area contributed by atoms with Gasteiger partial charge >= 0.3 is 12.1 Å². The number of amides is 1. The van der Waals surface area contributed by atoms with Crippen molar-refractivity contribution in [2.24, 2.45) is 4.99 Å². The standard InChI is InChI=1S/C7H8N2O4/c1-4-5(6(10)11)2-9(3-8-4)7(12)13/h2H,3H2,1H3,(H,10,11)(H,12,13). The van der Waals surface area contributed by atoms with Crippen molar-refractivity contribution in [3.63, 3.8) is 0 Å². The van der Waals surface area contributed by atoms with Crippen LogP contribution in [0, 0.1) is 0 Å². The van der Waals surface area contributed by atoms with Gasteiger partial charge in [0, 0.05) is 11.9 Å². The molecule has 70 valence electrons. The number of hydrogen-bond acceptors (Lipinski definition) is 3. The predicted octanol–water partition coefficient (Wildman–Crippen LogP) is 0.367. The van der Waals surface area contributed by atoms with Gasteiger partial charge in [-0.05, 0) is 6.92 Å². The van der Waals surface area contributed by atoms with Gasteiger partial charge in [-0.1, -0.05) is 0 Å². The Hall–Kier alpha value is -1.85. The number of rotatable bonds is 1. The molecule has 0 aliphatic carbocycles. The van der Waals surface area contributed by atoms with Crippen LogP contribution in [0.15, 0.2) is 16.8 Å². The van der Waals surface area contributed by atoms with E-state index in [0.717, 1.165) is 11.1 Å². The van der Waals surface area contributed by atoms with Crippen LogP contribution >= 0.6 is 0 Å². The van der Waals surface area contributed by atoms with Crippen LogP contribution in [0.3, 0.4) is 0 Å². The van der Waals surface area contributed by atoms with Crippen molar-refractivity contribution < 1.29 is 19.8 Å². The van der Waals surface area contributed by atoms with Gasteiger partial charge in [0.25, 0.3) is 0 Å². The SMILES string of the molecule is CC1=NCN(C(=O)O)C=C1C(=O)O. The van der Waals surface area contributed by atoms with Gasteiger partial charge in [-0.3, -0.25) is 9.89 Å². The molecule has 0 saturated heterocycles. The zero-order chi connectivity index (χ0) is 10.0. The van der Waals surface area contributed by atoms with Crippen molar-refractivity contribution in [2.75, 3.05) is 6.67 Å². The van der Waals surface area contributed by atoms with Crippen LogP contribution in [-0.4, -0.2) is 39.6 Å². The van der Waals surface area contributed by atoms with Crippen LogP contribution in [0.2, 0.25) is 0 Å². The Labute approximate surface area is 73.8 Å². The van der Waals surface area contributed by atoms with E-state index in [1.807, 2.05) is 0 Å². The summed E-state index contributed by atoms with van der Waals surface area (Å²) in [6, 6.07) is 0. The topological polar surface area (TPSA) is 90.2 Å². The Balaban J connectivity index is 2.95. The fourth-order valence-corrected chi connectivity index (χ4v) is 0.883. The minimum absolute atomic E-state index is 0.0437. The molecule has 1 aliphatic rings. The van der Waals surface area contributed by atoms with Crippen molar-refractivity contribution >= 4 is 17.8 Å². The van der Waals surface area contributed by atoms with Gasteiger partial charge in [-0.25, -0.2) is 9.59 Å². The highest BCUT2D eigenvalue weighted by atomic mass is 16.4. The van der Waals surface area contributed by atoms with Crippen LogP contribution in [0.25, 0.3) is 0 Å². The molecule has 0 bridgehead atoms. The molecule has 0 saturated carbocycles. The molecule has 0 aromatic heterocycles. The summed E-state index contributed by atoms with van der Waals surface area (Å²) in [5, 5.41) is 17.2. The summed E-state index contributed by atoms with van der Waals surface area (Å²) in [6.07, 6.45) is -0.150. The number of carboxylic acids is 1. The second-order valence-electron chi connectivity index (χ2n) is 2.49. The average Bonchev–Trinajstić information content (AvgIpc) is 2.04. The smallest absolute Gasteiger partial charge is 0.412 e. The molecule has 1 rings (SSSR count). The summed E-state index contributed by atoms with van der Waals surface area (Å²) in [4.78, 5) is 25.6. The van der Waals surface area contributed by atoms with E-state index in [1.54, 1.807) is 0 Å². The van der Waals surface area contributed by atoms with Crippen LogP contribution < -0.4 is 0 Å². The average molecular weight is 184 g/mol. The van der Waals surface area contributed by atoms with Crippen LogP contribution in [-0.2, 0) is 4.79 Å². The monoisotopic (exact) mass is 184 g/mol. The molecule has 0 radical (unpaired) electrons. The first-order valence-electron chi connectivity index (χ1n) is 3.48. The second kappa shape index (κ2) is 3.26. The lowest BCUT2D eigenvalue weighted by atomic mass is 10.2. The molecule has 1 aliphatic heterocycles. The van der Waals surface area contributed by atoms with Crippen molar-refractivity contribution in [1.82, 2.24) is 4.90 Å². The van der Waals surface area contributed by atoms with E-state index >= 15 is 0 Å². The van der Waals surface area contributed by atoms with Crippen molar-refractivity contribution in [2.45, 2.75) is 6.92 Å². The summed E-state index contributed by atoms with van der Waals surface area (Å²) in [5.41, 5.74) is 0.249. The molecule has 1 amide bonds. The Bertz CT molecular complexity index is 318. The molecule has 13 heavy (non-hydrogen) atoms. The lowest BCUT2D eigenvalue weighted by molar-refractivity contribution is -0.132. The highest BCUT2D eigenvalue weighted by Gasteiger charge is 2.20. The van der Waals surface area contributed by atoms with Gasteiger partial charge in [-0.2, -0.15) is 0 Å². The zero-order valence-electron chi connectivity index (χ0n) is 6.89. The van der Waals surface area contributed by atoms with Crippen LogP contribution in [0.5, 0.6) is 0 Å². The summed E-state index contributed by atoms with van der Waals surface area (Å²) in [7, 11) is 0. The van der Waals surface area contributed by atoms with Gasteiger partial charge in [0.05, 0.1) is 5.57 Å². The Morgan fingerprint density at radius 1 is 1.54 bits per heavy atom. The Morgan fingerprint density at radius 3 is 2.62 bits per heavy atom. The quantitative estimate of drug-likeness (QED) is 0.615. The fraction of sp³-hybridized carbons (Fsp3) is 0.286. The van der Waals surface area contributed by atoms with E-state index in [9.17, 15) is 9.59 Å². The summed E-state index contributed by atoms with van der Waals surface area (Å²) >= 11 is 0. The number of carboxylic acid groups (broad SMARTS) is 2. The second-order valence-corrected chi connectivity index (χ2v) is 2.49. The predicted molar refractivity (Wildman–Crippen MR) is 43.6 cm³/mol. The lowest BCUT2D eigenvalue weighted by Gasteiger charge is -2.18. The first kappa shape index (κ1) is 9.24. The molecule has 6 nitrogen and oxygen atoms in total. The van der Waals surface area contributed by atoms with E-state index in [4.69, 9.17) is 10.2 Å². The first-order valence-corrected chi connectivity index (χ1v) is 3.48. The molecule has 0 atom stereocenters. The van der Waals surface area contributed by atoms with E-state index < -0.39 is 12.1 Å². The fourth-order valence-electron chi connectivity index (χ4n) is 0.883. The summed E-state index contributed by atoms with van der Waals surface area (Å²) in [5.74, 6) is -1.17. The number of aliphatic imine (C=N–C) groups is 1. The molecule has 0 unspecified atom stereocenters. The molecule has 0 aromatic carbocycles. The molecular formula is C7H8N2O4. The number of nitrogens with zero attached hydrogens (tertiary/aromatic N) is 2. The molecule has 6 heteroatoms. The third-order valence-corrected chi connectivity index (χ3v) is 1.61. The number of aliphatic carboxylic acids is 1. The maximum absolute atomic E-state index is 10.6. The van der Waals surface area contributed by atoms with E-state index in [2.05, 4.69) is 4.99 Å². The van der Waals surface area contributed by atoms with Gasteiger partial charge < -0.3 is 10.2 Å². The largest absolute Gasteiger partial charge is 0.478 e. The summed E-state index contributed by atoms with van der Waals surface area (Å²) < 4.78 is 0. The van der Waals surface area contributed by atoms with E-state index in [-0.39, 0.29) is 12.2 Å². The molecule has 0 fully saturated rings. The van der Waals surface area contributed by atoms with Crippen LogP contribution in [0.4, 0.5) is 4.79 Å². The molecule has 0 spiro atoms. The Morgan fingerprint density at radius 2 is 2.15 bits per heavy atom. The number of carbonyl (C=O) groups is 2. The summed E-state index contributed by atoms with van der Waals surface area (Å²) in [6.45, 7) is 1.48. The molecule has 0 aromatic rings. The van der Waals surface area contributed by atoms with E-state index in [0.29, 0.717) is 5.71 Å². The van der Waals surface area contributed by atoms with Crippen molar-refractivity contribution in [1.29, 1.82) is 0 Å². The molecular weight excluding hydrogens is 176 g/mol. The minimum atomic E-state index is -1.21. The molecule has 2 N–H and O–H groups in total. The Kier molecular flexibility index (Phi) is 2.32. The molecule has 1 heterocycles. The number of hydrogen-bond donors (Lipinski definition) is 2. The lowest BCUT2D eigenvalue weighted by Crippen LogP contribution is -2.30. The van der Waals surface area contributed by atoms with Gasteiger partial charge in [-0.15, -0.1) is 0 Å². The van der Waals surface area contributed by atoms with E-state index in [1.165, 1.54) is 6.92 Å². The zero-order valence-corrected chi connectivity index (χ0v) is 6.89.